The number of nitro groups is 1. The van der Waals surface area contributed by atoms with Gasteiger partial charge in [-0.15, -0.1) is 0 Å². The molecule has 0 aromatic carbocycles. The van der Waals surface area contributed by atoms with Crippen molar-refractivity contribution in [3.05, 3.63) is 27.9 Å². The predicted octanol–water partition coefficient (Wildman–Crippen LogP) is 1.21. The Balaban J connectivity index is 2.29. The van der Waals surface area contributed by atoms with Gasteiger partial charge in [0.15, 0.2) is 0 Å². The summed E-state index contributed by atoms with van der Waals surface area (Å²) < 4.78 is 0. The summed E-state index contributed by atoms with van der Waals surface area (Å²) in [6.45, 7) is 2.48. The van der Waals surface area contributed by atoms with Crippen LogP contribution in [0.15, 0.2) is 12.3 Å². The van der Waals surface area contributed by atoms with Crippen molar-refractivity contribution in [1.82, 2.24) is 4.98 Å². The molecule has 18 heavy (non-hydrogen) atoms. The SMILES string of the molecule is Cc1cnc(N2CCC(C(=O)O)C2)c([N+](=O)[O-])c1. The number of nitrogens with zero attached hydrogens (tertiary/aromatic N) is 3. The summed E-state index contributed by atoms with van der Waals surface area (Å²) >= 11 is 0. The van der Waals surface area contributed by atoms with Gasteiger partial charge in [0.25, 0.3) is 0 Å². The number of aryl methyl sites for hydroxylation is 1. The molecule has 2 rings (SSSR count). The highest BCUT2D eigenvalue weighted by Crippen LogP contribution is 2.30. The molecule has 0 saturated carbocycles. The fraction of sp³-hybridized carbons (Fsp3) is 0.455. The average Bonchev–Trinajstić information content (AvgIpc) is 2.78. The minimum atomic E-state index is -0.868. The number of carboxylic acids is 1. The normalized spacial score (nSPS) is 18.9. The van der Waals surface area contributed by atoms with Gasteiger partial charge >= 0.3 is 11.7 Å². The Morgan fingerprint density at radius 2 is 2.39 bits per heavy atom. The predicted molar refractivity (Wildman–Crippen MR) is 63.6 cm³/mol. The summed E-state index contributed by atoms with van der Waals surface area (Å²) in [5, 5.41) is 19.9. The molecule has 7 nitrogen and oxygen atoms in total. The molecule has 0 amide bonds. The molecule has 2 heterocycles. The van der Waals surface area contributed by atoms with Crippen LogP contribution in [0.25, 0.3) is 0 Å². The van der Waals surface area contributed by atoms with Crippen molar-refractivity contribution in [2.45, 2.75) is 13.3 Å². The first-order chi connectivity index (χ1) is 8.49. The van der Waals surface area contributed by atoms with Crippen LogP contribution in [0.5, 0.6) is 0 Å². The van der Waals surface area contributed by atoms with E-state index < -0.39 is 16.8 Å². The Bertz CT molecular complexity index is 503. The van der Waals surface area contributed by atoms with E-state index in [9.17, 15) is 14.9 Å². The maximum Gasteiger partial charge on any atom is 0.311 e. The van der Waals surface area contributed by atoms with Gasteiger partial charge in [-0.3, -0.25) is 14.9 Å². The van der Waals surface area contributed by atoms with Crippen molar-refractivity contribution in [2.24, 2.45) is 5.92 Å². The molecule has 1 aromatic rings. The fourth-order valence-electron chi connectivity index (χ4n) is 2.08. The lowest BCUT2D eigenvalue weighted by Gasteiger charge is -2.16. The van der Waals surface area contributed by atoms with Crippen LogP contribution in [-0.2, 0) is 4.79 Å². The van der Waals surface area contributed by atoms with Crippen molar-refractivity contribution in [2.75, 3.05) is 18.0 Å². The maximum atomic E-state index is 11.0. The fourth-order valence-corrected chi connectivity index (χ4v) is 2.08. The Hall–Kier alpha value is -2.18. The first-order valence-corrected chi connectivity index (χ1v) is 5.58. The van der Waals surface area contributed by atoms with Gasteiger partial charge in [0.2, 0.25) is 5.82 Å². The lowest BCUT2D eigenvalue weighted by molar-refractivity contribution is -0.384. The quantitative estimate of drug-likeness (QED) is 0.640. The highest BCUT2D eigenvalue weighted by atomic mass is 16.6. The molecule has 0 bridgehead atoms. The van der Waals surface area contributed by atoms with E-state index in [1.807, 2.05) is 0 Å². The summed E-state index contributed by atoms with van der Waals surface area (Å²) in [6, 6.07) is 1.45. The van der Waals surface area contributed by atoms with Gasteiger partial charge in [-0.25, -0.2) is 4.98 Å². The third-order valence-electron chi connectivity index (χ3n) is 3.02. The molecule has 1 N–H and O–H groups in total. The molecule has 1 saturated heterocycles. The smallest absolute Gasteiger partial charge is 0.311 e. The standard InChI is InChI=1S/C11H13N3O4/c1-7-4-9(14(17)18)10(12-5-7)13-3-2-8(6-13)11(15)16/h4-5,8H,2-3,6H2,1H3,(H,15,16). The third-order valence-corrected chi connectivity index (χ3v) is 3.02. The van der Waals surface area contributed by atoms with Crippen molar-refractivity contribution in [1.29, 1.82) is 0 Å². The molecule has 0 radical (unpaired) electrons. The number of carboxylic acid groups (broad SMARTS) is 1. The van der Waals surface area contributed by atoms with Gasteiger partial charge in [-0.05, 0) is 18.9 Å². The van der Waals surface area contributed by atoms with E-state index >= 15 is 0 Å². The zero-order valence-electron chi connectivity index (χ0n) is 9.87. The number of pyridine rings is 1. The van der Waals surface area contributed by atoms with E-state index in [-0.39, 0.29) is 18.1 Å². The summed E-state index contributed by atoms with van der Waals surface area (Å²) in [6.07, 6.45) is 2.04. The molecule has 96 valence electrons. The van der Waals surface area contributed by atoms with Gasteiger partial charge in [0.05, 0.1) is 10.8 Å². The van der Waals surface area contributed by atoms with Crippen molar-refractivity contribution in [3.8, 4) is 0 Å². The number of carbonyl (C=O) groups is 1. The molecule has 0 spiro atoms. The molecule has 1 aliphatic rings. The van der Waals surface area contributed by atoms with Crippen molar-refractivity contribution < 1.29 is 14.8 Å². The molecular formula is C11H13N3O4. The third kappa shape index (κ3) is 2.24. The van der Waals surface area contributed by atoms with Crippen LogP contribution in [0.2, 0.25) is 0 Å². The molecule has 1 aromatic heterocycles. The van der Waals surface area contributed by atoms with Crippen LogP contribution in [-0.4, -0.2) is 34.1 Å². The zero-order chi connectivity index (χ0) is 13.3. The average molecular weight is 251 g/mol. The van der Waals surface area contributed by atoms with Gasteiger partial charge < -0.3 is 10.0 Å². The Labute approximate surface area is 103 Å². The maximum absolute atomic E-state index is 11.0. The molecule has 1 unspecified atom stereocenters. The Morgan fingerprint density at radius 1 is 1.67 bits per heavy atom. The summed E-state index contributed by atoms with van der Waals surface area (Å²) in [4.78, 5) is 27.1. The highest BCUT2D eigenvalue weighted by molar-refractivity contribution is 5.72. The minimum Gasteiger partial charge on any atom is -0.481 e. The van der Waals surface area contributed by atoms with E-state index in [0.717, 1.165) is 0 Å². The summed E-state index contributed by atoms with van der Waals surface area (Å²) in [7, 11) is 0. The van der Waals surface area contributed by atoms with Gasteiger partial charge in [0, 0.05) is 25.4 Å². The molecule has 1 atom stereocenters. The molecule has 7 heteroatoms. The summed E-state index contributed by atoms with van der Waals surface area (Å²) in [5.74, 6) is -1.09. The van der Waals surface area contributed by atoms with Crippen LogP contribution in [0, 0.1) is 23.0 Å². The second-order valence-corrected chi connectivity index (χ2v) is 4.38. The van der Waals surface area contributed by atoms with Crippen LogP contribution in [0.4, 0.5) is 11.5 Å². The monoisotopic (exact) mass is 251 g/mol. The Morgan fingerprint density at radius 3 is 2.94 bits per heavy atom. The number of aliphatic carboxylic acids is 1. The van der Waals surface area contributed by atoms with E-state index in [1.165, 1.54) is 6.07 Å². The van der Waals surface area contributed by atoms with Crippen LogP contribution < -0.4 is 4.90 Å². The van der Waals surface area contributed by atoms with Crippen LogP contribution in [0.3, 0.4) is 0 Å². The molecular weight excluding hydrogens is 238 g/mol. The number of anilines is 1. The minimum absolute atomic E-state index is 0.0685. The largest absolute Gasteiger partial charge is 0.481 e. The highest BCUT2D eigenvalue weighted by Gasteiger charge is 2.32. The lowest BCUT2D eigenvalue weighted by Crippen LogP contribution is -2.24. The number of rotatable bonds is 3. The van der Waals surface area contributed by atoms with E-state index in [4.69, 9.17) is 5.11 Å². The van der Waals surface area contributed by atoms with Gasteiger partial charge in [0.1, 0.15) is 0 Å². The Kier molecular flexibility index (Phi) is 3.14. The summed E-state index contributed by atoms with van der Waals surface area (Å²) in [5.41, 5.74) is 0.639. The van der Waals surface area contributed by atoms with E-state index in [0.29, 0.717) is 18.5 Å². The van der Waals surface area contributed by atoms with Crippen molar-refractivity contribution in [3.63, 3.8) is 0 Å². The van der Waals surface area contributed by atoms with Crippen LogP contribution >= 0.6 is 0 Å². The molecule has 0 aliphatic carbocycles. The first-order valence-electron chi connectivity index (χ1n) is 5.58. The second kappa shape index (κ2) is 4.59. The van der Waals surface area contributed by atoms with Crippen LogP contribution in [0.1, 0.15) is 12.0 Å². The number of aromatic nitrogens is 1. The second-order valence-electron chi connectivity index (χ2n) is 4.38. The van der Waals surface area contributed by atoms with Gasteiger partial charge in [-0.2, -0.15) is 0 Å². The van der Waals surface area contributed by atoms with E-state index in [2.05, 4.69) is 4.98 Å². The molecule has 1 aliphatic heterocycles. The lowest BCUT2D eigenvalue weighted by atomic mass is 10.1. The van der Waals surface area contributed by atoms with E-state index in [1.54, 1.807) is 18.0 Å². The zero-order valence-corrected chi connectivity index (χ0v) is 9.87. The number of hydrogen-bond donors (Lipinski definition) is 1. The van der Waals surface area contributed by atoms with Gasteiger partial charge in [-0.1, -0.05) is 0 Å². The van der Waals surface area contributed by atoms with Crippen molar-refractivity contribution >= 4 is 17.5 Å². The number of hydrogen-bond acceptors (Lipinski definition) is 5. The first kappa shape index (κ1) is 12.3. The topological polar surface area (TPSA) is 96.6 Å². The molecule has 1 fully saturated rings.